The van der Waals surface area contributed by atoms with Crippen LogP contribution in [-0.2, 0) is 11.2 Å². The lowest BCUT2D eigenvalue weighted by Crippen LogP contribution is -2.15. The van der Waals surface area contributed by atoms with Crippen LogP contribution in [0.5, 0.6) is 0 Å². The molecule has 1 aromatic heterocycles. The first-order valence-electron chi connectivity index (χ1n) is 5.81. The summed E-state index contributed by atoms with van der Waals surface area (Å²) in [6.45, 7) is 1.95. The van der Waals surface area contributed by atoms with E-state index in [9.17, 15) is 4.79 Å². The molecule has 1 amide bonds. The first kappa shape index (κ1) is 13.5. The highest BCUT2D eigenvalue weighted by atomic mass is 79.9. The van der Waals surface area contributed by atoms with E-state index < -0.39 is 0 Å². The van der Waals surface area contributed by atoms with E-state index in [2.05, 4.69) is 26.2 Å². The van der Waals surface area contributed by atoms with Crippen molar-refractivity contribution < 1.29 is 4.79 Å². The van der Waals surface area contributed by atoms with Gasteiger partial charge in [-0.15, -0.1) is 0 Å². The smallest absolute Gasteiger partial charge is 0.230 e. The molecule has 0 bridgehead atoms. The number of aryl methyl sites for hydroxylation is 1. The number of anilines is 2. The molecule has 0 unspecified atom stereocenters. The van der Waals surface area contributed by atoms with Gasteiger partial charge >= 0.3 is 0 Å². The number of carbonyl (C=O) groups is 1. The SMILES string of the molecule is Cc1ccc(Br)cc1NC(=O)Cc1ccc(N)cn1. The van der Waals surface area contributed by atoms with Gasteiger partial charge in [0.25, 0.3) is 0 Å². The molecule has 98 valence electrons. The Kier molecular flexibility index (Phi) is 4.16. The van der Waals surface area contributed by atoms with Crippen LogP contribution in [0.4, 0.5) is 11.4 Å². The maximum absolute atomic E-state index is 11.9. The molecule has 0 saturated heterocycles. The van der Waals surface area contributed by atoms with Crippen LogP contribution in [0.2, 0.25) is 0 Å². The number of nitrogens with one attached hydrogen (secondary N) is 1. The van der Waals surface area contributed by atoms with E-state index >= 15 is 0 Å². The van der Waals surface area contributed by atoms with Crippen molar-refractivity contribution in [2.75, 3.05) is 11.1 Å². The van der Waals surface area contributed by atoms with Crippen molar-refractivity contribution in [1.82, 2.24) is 4.98 Å². The molecule has 0 aliphatic rings. The van der Waals surface area contributed by atoms with Crippen LogP contribution in [0.15, 0.2) is 41.0 Å². The molecular weight excluding hydrogens is 306 g/mol. The number of hydrogen-bond acceptors (Lipinski definition) is 3. The van der Waals surface area contributed by atoms with Gasteiger partial charge in [-0.05, 0) is 36.8 Å². The first-order chi connectivity index (χ1) is 9.04. The molecule has 0 spiro atoms. The molecule has 4 nitrogen and oxygen atoms in total. The number of pyridine rings is 1. The number of carbonyl (C=O) groups excluding carboxylic acids is 1. The monoisotopic (exact) mass is 319 g/mol. The molecule has 0 saturated carbocycles. The summed E-state index contributed by atoms with van der Waals surface area (Å²) in [5.41, 5.74) is 8.65. The minimum atomic E-state index is -0.0986. The maximum atomic E-state index is 11.9. The Hall–Kier alpha value is -1.88. The zero-order valence-corrected chi connectivity index (χ0v) is 12.1. The Morgan fingerprint density at radius 2 is 2.16 bits per heavy atom. The summed E-state index contributed by atoms with van der Waals surface area (Å²) in [6.07, 6.45) is 1.78. The van der Waals surface area contributed by atoms with Crippen molar-refractivity contribution in [2.24, 2.45) is 0 Å². The molecule has 2 rings (SSSR count). The minimum absolute atomic E-state index is 0.0986. The summed E-state index contributed by atoms with van der Waals surface area (Å²) in [5.74, 6) is -0.0986. The fourth-order valence-electron chi connectivity index (χ4n) is 1.63. The van der Waals surface area contributed by atoms with Gasteiger partial charge < -0.3 is 11.1 Å². The molecule has 19 heavy (non-hydrogen) atoms. The summed E-state index contributed by atoms with van der Waals surface area (Å²) in [5, 5.41) is 2.87. The zero-order chi connectivity index (χ0) is 13.8. The Morgan fingerprint density at radius 3 is 2.84 bits per heavy atom. The first-order valence-corrected chi connectivity index (χ1v) is 6.60. The van der Waals surface area contributed by atoms with Gasteiger partial charge in [-0.1, -0.05) is 22.0 Å². The van der Waals surface area contributed by atoms with Crippen LogP contribution in [0, 0.1) is 6.92 Å². The Balaban J connectivity index is 2.05. The molecule has 2 aromatic rings. The average Bonchev–Trinajstić information content (AvgIpc) is 2.37. The summed E-state index contributed by atoms with van der Waals surface area (Å²) in [4.78, 5) is 16.0. The van der Waals surface area contributed by atoms with Gasteiger partial charge in [-0.2, -0.15) is 0 Å². The van der Waals surface area contributed by atoms with E-state index in [1.54, 1.807) is 18.3 Å². The molecular formula is C14H14BrN3O. The van der Waals surface area contributed by atoms with Gasteiger partial charge in [-0.25, -0.2) is 0 Å². The highest BCUT2D eigenvalue weighted by molar-refractivity contribution is 9.10. The third-order valence-corrected chi connectivity index (χ3v) is 3.16. The van der Waals surface area contributed by atoms with Crippen molar-refractivity contribution >= 4 is 33.2 Å². The topological polar surface area (TPSA) is 68.0 Å². The van der Waals surface area contributed by atoms with Gasteiger partial charge in [0.1, 0.15) is 0 Å². The number of amides is 1. The lowest BCUT2D eigenvalue weighted by molar-refractivity contribution is -0.115. The largest absolute Gasteiger partial charge is 0.397 e. The number of nitrogens with two attached hydrogens (primary N) is 1. The number of rotatable bonds is 3. The normalized spacial score (nSPS) is 10.2. The van der Waals surface area contributed by atoms with Crippen molar-refractivity contribution in [3.63, 3.8) is 0 Å². The van der Waals surface area contributed by atoms with E-state index in [1.165, 1.54) is 0 Å². The molecule has 0 aliphatic carbocycles. The van der Waals surface area contributed by atoms with Gasteiger partial charge in [0.15, 0.2) is 0 Å². The second kappa shape index (κ2) is 5.84. The predicted octanol–water partition coefficient (Wildman–Crippen LogP) is 2.92. The van der Waals surface area contributed by atoms with Crippen molar-refractivity contribution in [1.29, 1.82) is 0 Å². The second-order valence-electron chi connectivity index (χ2n) is 4.27. The number of halogens is 1. The maximum Gasteiger partial charge on any atom is 0.230 e. The van der Waals surface area contributed by atoms with E-state index in [-0.39, 0.29) is 12.3 Å². The highest BCUT2D eigenvalue weighted by Gasteiger charge is 2.07. The molecule has 0 aliphatic heterocycles. The molecule has 5 heteroatoms. The third-order valence-electron chi connectivity index (χ3n) is 2.66. The highest BCUT2D eigenvalue weighted by Crippen LogP contribution is 2.20. The van der Waals surface area contributed by atoms with Crippen LogP contribution in [0.25, 0.3) is 0 Å². The summed E-state index contributed by atoms with van der Waals surface area (Å²) >= 11 is 3.38. The van der Waals surface area contributed by atoms with Crippen molar-refractivity contribution in [2.45, 2.75) is 13.3 Å². The Labute approximate surface area is 120 Å². The van der Waals surface area contributed by atoms with Crippen LogP contribution in [0.3, 0.4) is 0 Å². The van der Waals surface area contributed by atoms with E-state index in [0.717, 1.165) is 15.7 Å². The second-order valence-corrected chi connectivity index (χ2v) is 5.18. The number of nitrogen functional groups attached to an aromatic ring is 1. The number of benzene rings is 1. The van der Waals surface area contributed by atoms with E-state index in [1.807, 2.05) is 25.1 Å². The summed E-state index contributed by atoms with van der Waals surface area (Å²) in [6, 6.07) is 9.25. The average molecular weight is 320 g/mol. The van der Waals surface area contributed by atoms with Gasteiger partial charge in [-0.3, -0.25) is 9.78 Å². The molecule has 1 heterocycles. The molecule has 0 fully saturated rings. The number of hydrogen-bond donors (Lipinski definition) is 2. The zero-order valence-electron chi connectivity index (χ0n) is 10.5. The Bertz CT molecular complexity index is 596. The quantitative estimate of drug-likeness (QED) is 0.914. The van der Waals surface area contributed by atoms with E-state index in [0.29, 0.717) is 11.4 Å². The van der Waals surface area contributed by atoms with Crippen LogP contribution < -0.4 is 11.1 Å². The third kappa shape index (κ3) is 3.79. The van der Waals surface area contributed by atoms with Gasteiger partial charge in [0.05, 0.1) is 18.3 Å². The van der Waals surface area contributed by atoms with Crippen LogP contribution in [0.1, 0.15) is 11.3 Å². The summed E-state index contributed by atoms with van der Waals surface area (Å²) < 4.78 is 0.930. The van der Waals surface area contributed by atoms with Gasteiger partial charge in [0, 0.05) is 15.9 Å². The number of aromatic nitrogens is 1. The predicted molar refractivity (Wildman–Crippen MR) is 79.9 cm³/mol. The fraction of sp³-hybridized carbons (Fsp3) is 0.143. The van der Waals surface area contributed by atoms with E-state index in [4.69, 9.17) is 5.73 Å². The Morgan fingerprint density at radius 1 is 1.37 bits per heavy atom. The lowest BCUT2D eigenvalue weighted by atomic mass is 10.2. The lowest BCUT2D eigenvalue weighted by Gasteiger charge is -2.08. The van der Waals surface area contributed by atoms with Crippen molar-refractivity contribution in [3.8, 4) is 0 Å². The molecule has 0 atom stereocenters. The van der Waals surface area contributed by atoms with Crippen LogP contribution >= 0.6 is 15.9 Å². The molecule has 1 aromatic carbocycles. The minimum Gasteiger partial charge on any atom is -0.397 e. The molecule has 0 radical (unpaired) electrons. The number of nitrogens with zero attached hydrogens (tertiary/aromatic N) is 1. The molecule has 3 N–H and O–H groups in total. The van der Waals surface area contributed by atoms with Crippen LogP contribution in [-0.4, -0.2) is 10.9 Å². The van der Waals surface area contributed by atoms with Crippen molar-refractivity contribution in [3.05, 3.63) is 52.3 Å². The summed E-state index contributed by atoms with van der Waals surface area (Å²) in [7, 11) is 0. The fourth-order valence-corrected chi connectivity index (χ4v) is 1.99. The standard InChI is InChI=1S/C14H14BrN3O/c1-9-2-3-10(15)6-13(9)18-14(19)7-12-5-4-11(16)8-17-12/h2-6,8H,7,16H2,1H3,(H,18,19). The van der Waals surface area contributed by atoms with Gasteiger partial charge in [0.2, 0.25) is 5.91 Å².